The number of fused-ring (bicyclic) bond motifs is 1. The molecule has 0 unspecified atom stereocenters. The predicted molar refractivity (Wildman–Crippen MR) is 89.4 cm³/mol. The molecular weight excluding hydrogens is 340 g/mol. The summed E-state index contributed by atoms with van der Waals surface area (Å²) in [4.78, 5) is 44.9. The minimum Gasteiger partial charge on any atom is -0.369 e. The second-order valence-corrected chi connectivity index (χ2v) is 5.21. The quantitative estimate of drug-likeness (QED) is 0.688. The number of aromatic amines is 1. The van der Waals surface area contributed by atoms with Crippen LogP contribution in [0.25, 0.3) is 11.2 Å². The van der Waals surface area contributed by atoms with Crippen LogP contribution in [0.2, 0.25) is 0 Å². The topological polar surface area (TPSA) is 128 Å². The second kappa shape index (κ2) is 8.08. The molecule has 2 rings (SSSR count). The summed E-state index contributed by atoms with van der Waals surface area (Å²) in [7, 11) is 1.49. The van der Waals surface area contributed by atoms with E-state index in [1.165, 1.54) is 18.5 Å². The minimum absolute atomic E-state index is 0. The van der Waals surface area contributed by atoms with Crippen molar-refractivity contribution in [3.63, 3.8) is 0 Å². The lowest BCUT2D eigenvalue weighted by Gasteiger charge is -2.29. The van der Waals surface area contributed by atoms with Crippen LogP contribution in [0.4, 0.5) is 5.95 Å². The lowest BCUT2D eigenvalue weighted by atomic mass is 10.0. The van der Waals surface area contributed by atoms with Crippen molar-refractivity contribution in [1.82, 2.24) is 24.7 Å². The maximum absolute atomic E-state index is 12.5. The van der Waals surface area contributed by atoms with E-state index < -0.39 is 17.6 Å². The molecule has 2 aromatic rings. The fraction of sp³-hybridized carbons (Fsp3) is 0.538. The number of halogens is 1. The van der Waals surface area contributed by atoms with E-state index in [-0.39, 0.29) is 35.4 Å². The van der Waals surface area contributed by atoms with Crippen molar-refractivity contribution < 1.29 is 14.5 Å². The Morgan fingerprint density at radius 3 is 2.71 bits per heavy atom. The van der Waals surface area contributed by atoms with Crippen LogP contribution in [0, 0.1) is 5.92 Å². The monoisotopic (exact) mass is 360 g/mol. The molecule has 0 amide bonds. The van der Waals surface area contributed by atoms with E-state index in [2.05, 4.69) is 15.0 Å². The number of imidazole rings is 1. The average molecular weight is 361 g/mol. The van der Waals surface area contributed by atoms with Gasteiger partial charge in [-0.05, 0) is 5.92 Å². The number of carbonyl (C=O) groups excluding carboxylic acids is 1. The third-order valence-corrected chi connectivity index (χ3v) is 3.31. The molecule has 0 aliphatic heterocycles. The summed E-state index contributed by atoms with van der Waals surface area (Å²) in [5.74, 6) is -0.699. The number of aromatic nitrogens is 4. The molecule has 0 radical (unpaired) electrons. The molecule has 0 aromatic carbocycles. The van der Waals surface area contributed by atoms with Gasteiger partial charge in [0.15, 0.2) is 5.52 Å². The predicted octanol–water partition coefficient (Wildman–Crippen LogP) is -0.0133. The van der Waals surface area contributed by atoms with E-state index in [4.69, 9.17) is 15.4 Å². The summed E-state index contributed by atoms with van der Waals surface area (Å²) in [6.45, 7) is 6.12. The van der Waals surface area contributed by atoms with Gasteiger partial charge < -0.3 is 15.4 Å². The van der Waals surface area contributed by atoms with Crippen molar-refractivity contribution in [2.75, 3.05) is 19.4 Å². The lowest BCUT2D eigenvalue weighted by molar-refractivity contribution is -0.193. The maximum atomic E-state index is 12.5. The largest absolute Gasteiger partial charge is 0.369 e. The van der Waals surface area contributed by atoms with Crippen LogP contribution < -0.4 is 16.1 Å². The maximum Gasteiger partial charge on any atom is 0.352 e. The normalized spacial score (nSPS) is 12.4. The Bertz CT molecular complexity index is 754. The molecule has 0 bridgehead atoms. The summed E-state index contributed by atoms with van der Waals surface area (Å²) in [5, 5.41) is 1.51. The number of hydrogen-bond acceptors (Lipinski definition) is 8. The number of anilines is 1. The highest BCUT2D eigenvalue weighted by molar-refractivity contribution is 5.85. The van der Waals surface area contributed by atoms with Gasteiger partial charge in [-0.15, -0.1) is 17.1 Å². The first-order chi connectivity index (χ1) is 10.9. The number of nitrogens with one attached hydrogen (secondary N) is 1. The lowest BCUT2D eigenvalue weighted by Crippen LogP contribution is -2.47. The van der Waals surface area contributed by atoms with E-state index >= 15 is 0 Å². The van der Waals surface area contributed by atoms with Gasteiger partial charge in [-0.25, -0.2) is 9.78 Å². The number of rotatable bonds is 6. The number of H-pyrrole nitrogens is 1. The molecular formula is C13H21ClN6O4. The van der Waals surface area contributed by atoms with Gasteiger partial charge in [0.05, 0.1) is 7.11 Å². The van der Waals surface area contributed by atoms with Crippen molar-refractivity contribution in [2.45, 2.75) is 26.8 Å². The first-order valence-corrected chi connectivity index (χ1v) is 7.14. The fourth-order valence-electron chi connectivity index (χ4n) is 2.29. The molecule has 134 valence electrons. The molecule has 11 heteroatoms. The van der Waals surface area contributed by atoms with Gasteiger partial charge in [0.25, 0.3) is 5.56 Å². The highest BCUT2D eigenvalue weighted by Gasteiger charge is 2.31. The van der Waals surface area contributed by atoms with Crippen LogP contribution in [0.1, 0.15) is 20.8 Å². The van der Waals surface area contributed by atoms with Gasteiger partial charge in [0, 0.05) is 6.54 Å². The number of hydroxylamine groups is 2. The van der Waals surface area contributed by atoms with Crippen LogP contribution in [0.5, 0.6) is 0 Å². The van der Waals surface area contributed by atoms with E-state index in [0.29, 0.717) is 6.54 Å². The Kier molecular flexibility index (Phi) is 6.70. The van der Waals surface area contributed by atoms with Crippen molar-refractivity contribution in [3.8, 4) is 0 Å². The number of nitrogens with zero attached hydrogens (tertiary/aromatic N) is 4. The summed E-state index contributed by atoms with van der Waals surface area (Å²) >= 11 is 0. The summed E-state index contributed by atoms with van der Waals surface area (Å²) in [6.07, 6.45) is 1.20. The van der Waals surface area contributed by atoms with Crippen molar-refractivity contribution in [1.29, 1.82) is 0 Å². The number of hydrogen-bond donors (Lipinski definition) is 2. The van der Waals surface area contributed by atoms with E-state index in [9.17, 15) is 9.59 Å². The Hall–Kier alpha value is -2.17. The van der Waals surface area contributed by atoms with E-state index in [1.807, 2.05) is 20.8 Å². The number of likely N-dealkylation sites (N-methyl/N-ethyl adjacent to an activating group) is 1. The molecule has 24 heavy (non-hydrogen) atoms. The van der Waals surface area contributed by atoms with Crippen LogP contribution in [0.15, 0.2) is 11.1 Å². The second-order valence-electron chi connectivity index (χ2n) is 5.21. The molecule has 0 aliphatic rings. The molecule has 0 aliphatic carbocycles. The zero-order chi connectivity index (χ0) is 17.1. The Balaban J connectivity index is 0.00000288. The molecule has 2 heterocycles. The Morgan fingerprint density at radius 2 is 2.17 bits per heavy atom. The highest BCUT2D eigenvalue weighted by atomic mass is 35.5. The molecule has 1 atom stereocenters. The van der Waals surface area contributed by atoms with Gasteiger partial charge in [-0.3, -0.25) is 9.78 Å². The fourth-order valence-corrected chi connectivity index (χ4v) is 2.29. The van der Waals surface area contributed by atoms with Gasteiger partial charge >= 0.3 is 5.97 Å². The summed E-state index contributed by atoms with van der Waals surface area (Å²) in [6, 6.07) is -0.623. The molecule has 0 saturated heterocycles. The van der Waals surface area contributed by atoms with Crippen LogP contribution >= 0.6 is 12.4 Å². The number of nitrogens with two attached hydrogens (primary N) is 1. The molecule has 0 saturated carbocycles. The Morgan fingerprint density at radius 1 is 1.50 bits per heavy atom. The standard InChI is InChI=1S/C13H20N6O4.ClH/c1-5-18(22-4)9(7(2)3)12(21)23-19-6-15-8-10(19)16-13(14)17-11(8)20;/h6-7,9H,5H2,1-4H3,(H3,14,16,17,20);1H/t9-;/m1./s1. The molecule has 3 N–H and O–H groups in total. The van der Waals surface area contributed by atoms with Gasteiger partial charge in [-0.1, -0.05) is 20.8 Å². The van der Waals surface area contributed by atoms with Crippen molar-refractivity contribution >= 4 is 35.5 Å². The van der Waals surface area contributed by atoms with E-state index in [1.54, 1.807) is 0 Å². The van der Waals surface area contributed by atoms with Crippen LogP contribution in [-0.2, 0) is 9.63 Å². The molecule has 10 nitrogen and oxygen atoms in total. The molecule has 0 fully saturated rings. The Labute approximate surface area is 144 Å². The van der Waals surface area contributed by atoms with Crippen molar-refractivity contribution in [3.05, 3.63) is 16.7 Å². The summed E-state index contributed by atoms with van der Waals surface area (Å²) in [5.41, 5.74) is 5.11. The third kappa shape index (κ3) is 3.83. The van der Waals surface area contributed by atoms with Gasteiger partial charge in [0.1, 0.15) is 12.4 Å². The van der Waals surface area contributed by atoms with Crippen LogP contribution in [0.3, 0.4) is 0 Å². The molecule has 2 aromatic heterocycles. The smallest absolute Gasteiger partial charge is 0.352 e. The van der Waals surface area contributed by atoms with Gasteiger partial charge in [0.2, 0.25) is 11.6 Å². The van der Waals surface area contributed by atoms with Crippen LogP contribution in [-0.4, -0.2) is 50.4 Å². The number of nitrogen functional groups attached to an aromatic ring is 1. The number of carbonyl (C=O) groups is 1. The highest BCUT2D eigenvalue weighted by Crippen LogP contribution is 2.13. The summed E-state index contributed by atoms with van der Waals surface area (Å²) < 4.78 is 1.03. The molecule has 0 spiro atoms. The van der Waals surface area contributed by atoms with Crippen molar-refractivity contribution in [2.24, 2.45) is 5.92 Å². The zero-order valence-electron chi connectivity index (χ0n) is 13.8. The zero-order valence-corrected chi connectivity index (χ0v) is 14.7. The first kappa shape index (κ1) is 19.9. The SMILES string of the molecule is CCN(OC)[C@@H](C(=O)On1cnc2c(=O)[nH]c(N)nc21)C(C)C.Cl. The minimum atomic E-state index is -0.623. The first-order valence-electron chi connectivity index (χ1n) is 7.14. The average Bonchev–Trinajstić information content (AvgIpc) is 2.87. The van der Waals surface area contributed by atoms with Gasteiger partial charge in [-0.2, -0.15) is 10.0 Å². The third-order valence-electron chi connectivity index (χ3n) is 3.31. The van der Waals surface area contributed by atoms with E-state index in [0.717, 1.165) is 4.73 Å².